The summed E-state index contributed by atoms with van der Waals surface area (Å²) in [6.45, 7) is 0.322. The van der Waals surface area contributed by atoms with Crippen LogP contribution in [0.25, 0.3) is 0 Å². The van der Waals surface area contributed by atoms with Gasteiger partial charge in [0.15, 0.2) is 0 Å². The number of carbonyl (C=O) groups is 1. The lowest BCUT2D eigenvalue weighted by molar-refractivity contribution is -0.127. The first-order valence-corrected chi connectivity index (χ1v) is 6.86. The molecule has 2 unspecified atom stereocenters. The van der Waals surface area contributed by atoms with Gasteiger partial charge >= 0.3 is 0 Å². The Morgan fingerprint density at radius 2 is 2.26 bits per heavy atom. The Hall–Kier alpha value is -1.13. The molecule has 19 heavy (non-hydrogen) atoms. The Balaban J connectivity index is 1.85. The summed E-state index contributed by atoms with van der Waals surface area (Å²) in [5, 5.41) is 12.7. The predicted molar refractivity (Wildman–Crippen MR) is 71.5 cm³/mol. The molecule has 1 aromatic carbocycles. The van der Waals surface area contributed by atoms with Gasteiger partial charge in [0.1, 0.15) is 5.82 Å². The summed E-state index contributed by atoms with van der Waals surface area (Å²) < 4.78 is 13.5. The molecule has 1 fully saturated rings. The van der Waals surface area contributed by atoms with Crippen LogP contribution < -0.4 is 5.32 Å². The van der Waals surface area contributed by atoms with E-state index >= 15 is 0 Å². The zero-order valence-corrected chi connectivity index (χ0v) is 11.3. The first kappa shape index (κ1) is 14.3. The third kappa shape index (κ3) is 3.45. The first-order valence-electron chi connectivity index (χ1n) is 6.48. The average Bonchev–Trinajstić information content (AvgIpc) is 2.79. The van der Waals surface area contributed by atoms with E-state index in [4.69, 9.17) is 11.6 Å². The fourth-order valence-corrected chi connectivity index (χ4v) is 2.72. The standard InChI is InChI=1S/C14H17ClFNO2/c15-11-4-2-5-12(16)9(11)7-8-17-14(19)10-3-1-6-13(10)18/h2,4-5,10,13,18H,1,3,6-8H2,(H,17,19). The topological polar surface area (TPSA) is 49.3 Å². The minimum absolute atomic E-state index is 0.155. The van der Waals surface area contributed by atoms with Crippen molar-refractivity contribution in [2.45, 2.75) is 31.8 Å². The van der Waals surface area contributed by atoms with Crippen molar-refractivity contribution in [3.8, 4) is 0 Å². The maximum absolute atomic E-state index is 13.5. The van der Waals surface area contributed by atoms with Crippen molar-refractivity contribution in [2.24, 2.45) is 5.92 Å². The molecule has 0 saturated heterocycles. The first-order chi connectivity index (χ1) is 9.09. The zero-order chi connectivity index (χ0) is 13.8. The molecule has 2 N–H and O–H groups in total. The molecule has 0 aromatic heterocycles. The molecule has 0 bridgehead atoms. The smallest absolute Gasteiger partial charge is 0.225 e. The molecule has 3 nitrogen and oxygen atoms in total. The summed E-state index contributed by atoms with van der Waals surface area (Å²) in [5.41, 5.74) is 0.413. The molecule has 2 atom stereocenters. The highest BCUT2D eigenvalue weighted by molar-refractivity contribution is 6.31. The second-order valence-corrected chi connectivity index (χ2v) is 5.25. The van der Waals surface area contributed by atoms with E-state index in [1.807, 2.05) is 0 Å². The van der Waals surface area contributed by atoms with E-state index in [0.29, 0.717) is 36.4 Å². The van der Waals surface area contributed by atoms with Gasteiger partial charge in [-0.05, 0) is 37.8 Å². The Bertz CT molecular complexity index is 447. The lowest BCUT2D eigenvalue weighted by Crippen LogP contribution is -2.35. The number of hydrogen-bond donors (Lipinski definition) is 2. The second-order valence-electron chi connectivity index (χ2n) is 4.85. The molecule has 1 aliphatic carbocycles. The number of benzene rings is 1. The van der Waals surface area contributed by atoms with Crippen LogP contribution in [0.5, 0.6) is 0 Å². The van der Waals surface area contributed by atoms with Gasteiger partial charge in [-0.3, -0.25) is 4.79 Å². The Labute approximate surface area is 116 Å². The molecule has 1 aromatic rings. The number of hydrogen-bond acceptors (Lipinski definition) is 2. The molecular formula is C14H17ClFNO2. The molecule has 0 heterocycles. The van der Waals surface area contributed by atoms with Crippen LogP contribution >= 0.6 is 11.6 Å². The van der Waals surface area contributed by atoms with E-state index in [1.165, 1.54) is 6.07 Å². The quantitative estimate of drug-likeness (QED) is 0.892. The summed E-state index contributed by atoms with van der Waals surface area (Å²) in [5.74, 6) is -0.837. The summed E-state index contributed by atoms with van der Waals surface area (Å²) in [7, 11) is 0. The van der Waals surface area contributed by atoms with Crippen molar-refractivity contribution in [1.82, 2.24) is 5.32 Å². The molecule has 5 heteroatoms. The number of rotatable bonds is 4. The minimum atomic E-state index is -0.544. The van der Waals surface area contributed by atoms with Crippen LogP contribution in [0.3, 0.4) is 0 Å². The van der Waals surface area contributed by atoms with E-state index in [0.717, 1.165) is 6.42 Å². The number of aliphatic hydroxyl groups is 1. The average molecular weight is 286 g/mol. The van der Waals surface area contributed by atoms with Crippen molar-refractivity contribution in [2.75, 3.05) is 6.54 Å². The van der Waals surface area contributed by atoms with Crippen molar-refractivity contribution in [3.63, 3.8) is 0 Å². The Morgan fingerprint density at radius 1 is 1.47 bits per heavy atom. The Morgan fingerprint density at radius 3 is 2.89 bits per heavy atom. The maximum Gasteiger partial charge on any atom is 0.225 e. The number of halogens is 2. The van der Waals surface area contributed by atoms with Crippen LogP contribution in [0.4, 0.5) is 4.39 Å². The molecule has 0 aliphatic heterocycles. The highest BCUT2D eigenvalue weighted by Crippen LogP contribution is 2.25. The van der Waals surface area contributed by atoms with Gasteiger partial charge in [-0.2, -0.15) is 0 Å². The summed E-state index contributed by atoms with van der Waals surface area (Å²) in [4.78, 5) is 11.8. The van der Waals surface area contributed by atoms with E-state index in [9.17, 15) is 14.3 Å². The molecule has 104 valence electrons. The van der Waals surface area contributed by atoms with E-state index in [1.54, 1.807) is 12.1 Å². The van der Waals surface area contributed by atoms with Gasteiger partial charge in [-0.25, -0.2) is 4.39 Å². The van der Waals surface area contributed by atoms with Gasteiger partial charge in [0, 0.05) is 17.1 Å². The van der Waals surface area contributed by atoms with Gasteiger partial charge in [0.2, 0.25) is 5.91 Å². The second kappa shape index (κ2) is 6.35. The maximum atomic E-state index is 13.5. The summed E-state index contributed by atoms with van der Waals surface area (Å²) >= 11 is 5.90. The van der Waals surface area contributed by atoms with Gasteiger partial charge in [-0.1, -0.05) is 17.7 Å². The predicted octanol–water partition coefficient (Wildman–Crippen LogP) is 2.30. The largest absolute Gasteiger partial charge is 0.392 e. The van der Waals surface area contributed by atoms with E-state index < -0.39 is 6.10 Å². The van der Waals surface area contributed by atoms with Crippen LogP contribution in [-0.2, 0) is 11.2 Å². The molecule has 2 rings (SSSR count). The van der Waals surface area contributed by atoms with Gasteiger partial charge < -0.3 is 10.4 Å². The minimum Gasteiger partial charge on any atom is -0.392 e. The highest BCUT2D eigenvalue weighted by Gasteiger charge is 2.31. The fraction of sp³-hybridized carbons (Fsp3) is 0.500. The van der Waals surface area contributed by atoms with Crippen molar-refractivity contribution >= 4 is 17.5 Å². The van der Waals surface area contributed by atoms with Gasteiger partial charge in [0.05, 0.1) is 12.0 Å². The lowest BCUT2D eigenvalue weighted by atomic mass is 10.1. The SMILES string of the molecule is O=C(NCCc1c(F)cccc1Cl)C1CCCC1O. The van der Waals surface area contributed by atoms with E-state index in [-0.39, 0.29) is 17.6 Å². The number of amides is 1. The van der Waals surface area contributed by atoms with Gasteiger partial charge in [0.25, 0.3) is 0 Å². The Kier molecular flexibility index (Phi) is 4.77. The van der Waals surface area contributed by atoms with Crippen LogP contribution in [-0.4, -0.2) is 23.7 Å². The third-order valence-electron chi connectivity index (χ3n) is 3.55. The molecule has 1 saturated carbocycles. The number of nitrogens with one attached hydrogen (secondary N) is 1. The molecule has 1 amide bonds. The third-order valence-corrected chi connectivity index (χ3v) is 3.91. The molecule has 0 spiro atoms. The summed E-state index contributed by atoms with van der Waals surface area (Å²) in [6.07, 6.45) is 2.07. The van der Waals surface area contributed by atoms with Crippen LogP contribution in [0, 0.1) is 11.7 Å². The number of carbonyl (C=O) groups excluding carboxylic acids is 1. The van der Waals surface area contributed by atoms with E-state index in [2.05, 4.69) is 5.32 Å². The molecule has 0 radical (unpaired) electrons. The van der Waals surface area contributed by atoms with Crippen LogP contribution in [0.15, 0.2) is 18.2 Å². The number of aliphatic hydroxyl groups excluding tert-OH is 1. The monoisotopic (exact) mass is 285 g/mol. The van der Waals surface area contributed by atoms with Gasteiger partial charge in [-0.15, -0.1) is 0 Å². The zero-order valence-electron chi connectivity index (χ0n) is 10.5. The van der Waals surface area contributed by atoms with Crippen molar-refractivity contribution in [1.29, 1.82) is 0 Å². The van der Waals surface area contributed by atoms with Crippen molar-refractivity contribution in [3.05, 3.63) is 34.6 Å². The van der Waals surface area contributed by atoms with Crippen LogP contribution in [0.2, 0.25) is 5.02 Å². The normalized spacial score (nSPS) is 22.5. The molecular weight excluding hydrogens is 269 g/mol. The van der Waals surface area contributed by atoms with Crippen LogP contribution in [0.1, 0.15) is 24.8 Å². The van der Waals surface area contributed by atoms with Crippen molar-refractivity contribution < 1.29 is 14.3 Å². The fourth-order valence-electron chi connectivity index (χ4n) is 2.46. The highest BCUT2D eigenvalue weighted by atomic mass is 35.5. The lowest BCUT2D eigenvalue weighted by Gasteiger charge is -2.14. The summed E-state index contributed by atoms with van der Waals surface area (Å²) in [6, 6.07) is 4.53. The molecule has 1 aliphatic rings.